The molecule has 2 amide bonds. The fraction of sp³-hybridized carbons (Fsp3) is 0.0556. The Hall–Kier alpha value is -2.73. The van der Waals surface area contributed by atoms with Gasteiger partial charge in [-0.25, -0.2) is 13.6 Å². The summed E-state index contributed by atoms with van der Waals surface area (Å²) in [6, 6.07) is 12.4. The number of para-hydroxylation sites is 1. The van der Waals surface area contributed by atoms with Gasteiger partial charge in [0.1, 0.15) is 10.1 Å². The topological polar surface area (TPSA) is 128 Å². The fourth-order valence-corrected chi connectivity index (χ4v) is 3.91. The Balaban J connectivity index is 1.64. The molecule has 0 aromatic heterocycles. The lowest BCUT2D eigenvalue weighted by Gasteiger charge is -2.10. The standard InChI is InChI=1S/C18H15N3O5S3/c19-29(24,25)13-7-5-12(6-8-13)20-16(22)10-26-14-4-2-1-3-11(14)9-15-17(23)21-18(27)28-15/h1-9H,10H2,(H,20,22)(H2,19,24,25)(H,21,23,27)/b15-9-. The summed E-state index contributed by atoms with van der Waals surface area (Å²) in [7, 11) is -3.80. The molecular formula is C18H15N3O5S3. The average Bonchev–Trinajstić information content (AvgIpc) is 2.97. The number of primary sulfonamides is 1. The van der Waals surface area contributed by atoms with Crippen molar-refractivity contribution in [2.45, 2.75) is 4.90 Å². The van der Waals surface area contributed by atoms with Gasteiger partial charge in [0.05, 0.1) is 9.80 Å². The van der Waals surface area contributed by atoms with Crippen LogP contribution >= 0.6 is 24.0 Å². The molecule has 11 heteroatoms. The van der Waals surface area contributed by atoms with Crippen molar-refractivity contribution in [3.05, 3.63) is 59.0 Å². The van der Waals surface area contributed by atoms with Crippen molar-refractivity contribution in [3.63, 3.8) is 0 Å². The lowest BCUT2D eigenvalue weighted by molar-refractivity contribution is -0.118. The number of nitrogens with one attached hydrogen (secondary N) is 2. The van der Waals surface area contributed by atoms with Gasteiger partial charge in [-0.2, -0.15) is 0 Å². The molecule has 1 aliphatic heterocycles. The van der Waals surface area contributed by atoms with Crippen LogP contribution in [0.4, 0.5) is 5.69 Å². The molecule has 1 saturated heterocycles. The second-order valence-corrected chi connectivity index (χ2v) is 9.08. The quantitative estimate of drug-likeness (QED) is 0.453. The number of amides is 2. The summed E-state index contributed by atoms with van der Waals surface area (Å²) in [5.41, 5.74) is 1.02. The zero-order valence-corrected chi connectivity index (χ0v) is 17.2. The number of sulfonamides is 1. The molecule has 1 fully saturated rings. The van der Waals surface area contributed by atoms with E-state index in [0.29, 0.717) is 26.2 Å². The van der Waals surface area contributed by atoms with E-state index in [1.165, 1.54) is 24.3 Å². The zero-order chi connectivity index (χ0) is 21.0. The molecule has 8 nitrogen and oxygen atoms in total. The van der Waals surface area contributed by atoms with Gasteiger partial charge in [0.15, 0.2) is 6.61 Å². The SMILES string of the molecule is NS(=O)(=O)c1ccc(NC(=O)COc2ccccc2/C=C2\SC(=S)NC2=O)cc1. The maximum atomic E-state index is 12.1. The summed E-state index contributed by atoms with van der Waals surface area (Å²) in [6.45, 7) is -0.283. The molecule has 0 spiro atoms. The molecule has 0 unspecified atom stereocenters. The summed E-state index contributed by atoms with van der Waals surface area (Å²) < 4.78 is 28.5. The number of nitrogens with two attached hydrogens (primary N) is 1. The Bertz CT molecular complexity index is 1110. The first kappa shape index (κ1) is 21.0. The van der Waals surface area contributed by atoms with Crippen molar-refractivity contribution < 1.29 is 22.7 Å². The van der Waals surface area contributed by atoms with Gasteiger partial charge in [-0.1, -0.05) is 42.2 Å². The molecular weight excluding hydrogens is 434 g/mol. The van der Waals surface area contributed by atoms with Crippen LogP contribution < -0.4 is 20.5 Å². The van der Waals surface area contributed by atoms with E-state index >= 15 is 0 Å². The van der Waals surface area contributed by atoms with Gasteiger partial charge in [0, 0.05) is 11.3 Å². The molecule has 150 valence electrons. The number of hydrogen-bond acceptors (Lipinski definition) is 7. The third-order valence-electron chi connectivity index (χ3n) is 3.67. The number of ether oxygens (including phenoxy) is 1. The van der Waals surface area contributed by atoms with Crippen LogP contribution in [0.2, 0.25) is 0 Å². The van der Waals surface area contributed by atoms with E-state index in [0.717, 1.165) is 11.8 Å². The molecule has 0 saturated carbocycles. The molecule has 3 rings (SSSR count). The summed E-state index contributed by atoms with van der Waals surface area (Å²) in [4.78, 5) is 24.3. The van der Waals surface area contributed by atoms with Crippen molar-refractivity contribution in [2.24, 2.45) is 5.14 Å². The van der Waals surface area contributed by atoms with Crippen molar-refractivity contribution in [3.8, 4) is 5.75 Å². The number of hydrogen-bond donors (Lipinski definition) is 3. The number of carbonyl (C=O) groups is 2. The van der Waals surface area contributed by atoms with Gasteiger partial charge in [0.25, 0.3) is 11.8 Å². The number of anilines is 1. The second-order valence-electron chi connectivity index (χ2n) is 5.80. The van der Waals surface area contributed by atoms with Crippen LogP contribution in [0.1, 0.15) is 5.56 Å². The summed E-state index contributed by atoms with van der Waals surface area (Å²) in [5, 5.41) is 10.2. The van der Waals surface area contributed by atoms with Crippen molar-refractivity contribution >= 4 is 61.9 Å². The Morgan fingerprint density at radius 1 is 1.21 bits per heavy atom. The highest BCUT2D eigenvalue weighted by Crippen LogP contribution is 2.29. The van der Waals surface area contributed by atoms with E-state index in [4.69, 9.17) is 22.1 Å². The Morgan fingerprint density at radius 2 is 1.90 bits per heavy atom. The van der Waals surface area contributed by atoms with E-state index in [2.05, 4.69) is 10.6 Å². The largest absolute Gasteiger partial charge is 0.483 e. The van der Waals surface area contributed by atoms with Crippen molar-refractivity contribution in [1.29, 1.82) is 0 Å². The molecule has 1 heterocycles. The Kier molecular flexibility index (Phi) is 6.33. The monoisotopic (exact) mass is 449 g/mol. The molecule has 0 radical (unpaired) electrons. The van der Waals surface area contributed by atoms with Gasteiger partial charge < -0.3 is 15.4 Å². The molecule has 2 aromatic carbocycles. The van der Waals surface area contributed by atoms with Crippen LogP contribution in [0.5, 0.6) is 5.75 Å². The Labute approximate surface area is 176 Å². The van der Waals surface area contributed by atoms with Crippen LogP contribution in [-0.2, 0) is 19.6 Å². The minimum absolute atomic E-state index is 0.0537. The molecule has 0 atom stereocenters. The van der Waals surface area contributed by atoms with E-state index in [1.807, 2.05) is 0 Å². The predicted octanol–water partition coefficient (Wildman–Crippen LogP) is 1.84. The van der Waals surface area contributed by atoms with Crippen LogP contribution in [-0.4, -0.2) is 31.2 Å². The molecule has 0 bridgehead atoms. The maximum absolute atomic E-state index is 12.1. The van der Waals surface area contributed by atoms with Crippen molar-refractivity contribution in [2.75, 3.05) is 11.9 Å². The third-order valence-corrected chi connectivity index (χ3v) is 5.76. The highest BCUT2D eigenvalue weighted by molar-refractivity contribution is 8.26. The van der Waals surface area contributed by atoms with Gasteiger partial charge in [-0.05, 0) is 36.4 Å². The number of carbonyl (C=O) groups excluding carboxylic acids is 2. The smallest absolute Gasteiger partial charge is 0.263 e. The van der Waals surface area contributed by atoms with Gasteiger partial charge >= 0.3 is 0 Å². The first-order valence-corrected chi connectivity index (χ1v) is 10.9. The predicted molar refractivity (Wildman–Crippen MR) is 115 cm³/mol. The maximum Gasteiger partial charge on any atom is 0.263 e. The molecule has 29 heavy (non-hydrogen) atoms. The number of rotatable bonds is 6. The second kappa shape index (κ2) is 8.74. The van der Waals surface area contributed by atoms with E-state index < -0.39 is 15.9 Å². The van der Waals surface area contributed by atoms with E-state index in [1.54, 1.807) is 30.3 Å². The van der Waals surface area contributed by atoms with Crippen LogP contribution in [0.3, 0.4) is 0 Å². The van der Waals surface area contributed by atoms with E-state index in [-0.39, 0.29) is 17.4 Å². The minimum atomic E-state index is -3.80. The first-order valence-electron chi connectivity index (χ1n) is 8.12. The molecule has 2 aromatic rings. The fourth-order valence-electron chi connectivity index (χ4n) is 2.36. The third kappa shape index (κ3) is 5.64. The first-order chi connectivity index (χ1) is 13.7. The van der Waals surface area contributed by atoms with Gasteiger partial charge in [-0.3, -0.25) is 9.59 Å². The number of thioether (sulfide) groups is 1. The lowest BCUT2D eigenvalue weighted by atomic mass is 10.2. The minimum Gasteiger partial charge on any atom is -0.483 e. The van der Waals surface area contributed by atoms with Crippen molar-refractivity contribution in [1.82, 2.24) is 5.32 Å². The highest BCUT2D eigenvalue weighted by Gasteiger charge is 2.22. The molecule has 4 N–H and O–H groups in total. The van der Waals surface area contributed by atoms with E-state index in [9.17, 15) is 18.0 Å². The van der Waals surface area contributed by atoms with Crippen LogP contribution in [0.15, 0.2) is 58.3 Å². The molecule has 0 aliphatic carbocycles. The number of thiocarbonyl (C=S) groups is 1. The number of benzene rings is 2. The summed E-state index contributed by atoms with van der Waals surface area (Å²) in [6.07, 6.45) is 1.64. The molecule has 1 aliphatic rings. The summed E-state index contributed by atoms with van der Waals surface area (Å²) >= 11 is 6.12. The normalized spacial score (nSPS) is 15.3. The van der Waals surface area contributed by atoms with Crippen LogP contribution in [0.25, 0.3) is 6.08 Å². The Morgan fingerprint density at radius 3 is 2.52 bits per heavy atom. The van der Waals surface area contributed by atoms with Crippen LogP contribution in [0, 0.1) is 0 Å². The van der Waals surface area contributed by atoms with Gasteiger partial charge in [-0.15, -0.1) is 0 Å². The summed E-state index contributed by atoms with van der Waals surface area (Å²) in [5.74, 6) is -0.300. The average molecular weight is 450 g/mol. The van der Waals surface area contributed by atoms with Gasteiger partial charge in [0.2, 0.25) is 10.0 Å². The zero-order valence-electron chi connectivity index (χ0n) is 14.7. The highest BCUT2D eigenvalue weighted by atomic mass is 32.2. The lowest BCUT2D eigenvalue weighted by Crippen LogP contribution is -2.20.